The number of hydrogen-bond acceptors (Lipinski definition) is 3. The summed E-state index contributed by atoms with van der Waals surface area (Å²) in [6.45, 7) is 3.27. The van der Waals surface area contributed by atoms with E-state index in [1.54, 1.807) is 0 Å². The lowest BCUT2D eigenvalue weighted by atomic mass is 9.84. The fraction of sp³-hybridized carbons (Fsp3) is 0.560. The molecule has 0 heterocycles. The minimum atomic E-state index is -4.63. The topological polar surface area (TPSA) is 70.0 Å². The average Bonchev–Trinajstić information content (AvgIpc) is 2.77. The second kappa shape index (κ2) is 10.6. The van der Waals surface area contributed by atoms with Gasteiger partial charge in [-0.1, -0.05) is 38.3 Å². The second-order valence-electron chi connectivity index (χ2n) is 8.93. The monoisotopic (exact) mass is 467 g/mol. The third kappa shape index (κ3) is 5.91. The number of anilines is 1. The van der Waals surface area contributed by atoms with Crippen molar-refractivity contribution in [2.24, 2.45) is 5.92 Å². The van der Waals surface area contributed by atoms with Crippen LogP contribution in [0.5, 0.6) is 5.75 Å². The van der Waals surface area contributed by atoms with Crippen molar-refractivity contribution < 1.29 is 32.9 Å². The van der Waals surface area contributed by atoms with Gasteiger partial charge in [0.1, 0.15) is 11.3 Å². The average molecular weight is 468 g/mol. The van der Waals surface area contributed by atoms with E-state index in [1.807, 2.05) is 0 Å². The number of rotatable bonds is 8. The van der Waals surface area contributed by atoms with Crippen LogP contribution in [0.25, 0.3) is 10.8 Å². The Labute approximate surface area is 192 Å². The van der Waals surface area contributed by atoms with E-state index in [1.165, 1.54) is 43.7 Å². The molecular formula is C25H32F3NO4. The molecule has 0 aliphatic heterocycles. The van der Waals surface area contributed by atoms with Crippen LogP contribution in [-0.4, -0.2) is 35.1 Å². The molecule has 1 aliphatic carbocycles. The molecule has 0 radical (unpaired) electrons. The summed E-state index contributed by atoms with van der Waals surface area (Å²) in [6.07, 6.45) is 0.760. The second-order valence-corrected chi connectivity index (χ2v) is 8.93. The minimum absolute atomic E-state index is 0.0395. The van der Waals surface area contributed by atoms with E-state index in [9.17, 15) is 28.2 Å². The molecule has 1 unspecified atom stereocenters. The van der Waals surface area contributed by atoms with Crippen molar-refractivity contribution >= 4 is 22.6 Å². The van der Waals surface area contributed by atoms with E-state index in [0.717, 1.165) is 43.4 Å². The van der Waals surface area contributed by atoms with Crippen molar-refractivity contribution in [2.75, 3.05) is 11.5 Å². The number of carboxylic acid groups (broad SMARTS) is 1. The zero-order valence-electron chi connectivity index (χ0n) is 19.1. The van der Waals surface area contributed by atoms with Crippen LogP contribution in [-0.2, 0) is 6.18 Å². The number of hydrogen-bond donors (Lipinski definition) is 2. The Balaban J connectivity index is 1.90. The van der Waals surface area contributed by atoms with Gasteiger partial charge in [0.05, 0.1) is 18.8 Å². The molecule has 3 rings (SSSR count). The van der Waals surface area contributed by atoms with E-state index >= 15 is 0 Å². The van der Waals surface area contributed by atoms with Crippen molar-refractivity contribution in [2.45, 2.75) is 77.1 Å². The molecule has 2 N–H and O–H groups in total. The SMILES string of the molecule is CCCCC1CCC(Oc2ccc3cc(N(C(=O)O)C(C)CO)ccc3c2C(F)(F)F)CC1. The lowest BCUT2D eigenvalue weighted by molar-refractivity contribution is -0.138. The van der Waals surface area contributed by atoms with Crippen LogP contribution in [0.1, 0.15) is 64.4 Å². The van der Waals surface area contributed by atoms with Gasteiger partial charge in [-0.15, -0.1) is 0 Å². The molecule has 1 aliphatic rings. The molecule has 0 bridgehead atoms. The predicted molar refractivity (Wildman–Crippen MR) is 122 cm³/mol. The Bertz CT molecular complexity index is 955. The van der Waals surface area contributed by atoms with Crippen LogP contribution in [0.4, 0.5) is 23.7 Å². The van der Waals surface area contributed by atoms with Crippen LogP contribution >= 0.6 is 0 Å². The van der Waals surface area contributed by atoms with Gasteiger partial charge in [-0.2, -0.15) is 13.2 Å². The number of unbranched alkanes of at least 4 members (excludes halogenated alkanes) is 1. The molecule has 0 saturated heterocycles. The summed E-state index contributed by atoms with van der Waals surface area (Å²) in [4.78, 5) is 12.6. The van der Waals surface area contributed by atoms with Crippen molar-refractivity contribution in [3.63, 3.8) is 0 Å². The highest BCUT2D eigenvalue weighted by atomic mass is 19.4. The predicted octanol–water partition coefficient (Wildman–Crippen LogP) is 6.85. The van der Waals surface area contributed by atoms with E-state index in [4.69, 9.17) is 4.74 Å². The lowest BCUT2D eigenvalue weighted by Crippen LogP contribution is -2.39. The third-order valence-corrected chi connectivity index (χ3v) is 6.49. The van der Waals surface area contributed by atoms with Crippen molar-refractivity contribution in [1.29, 1.82) is 0 Å². The Morgan fingerprint density at radius 1 is 1.18 bits per heavy atom. The molecule has 2 aromatic carbocycles. The summed E-state index contributed by atoms with van der Waals surface area (Å²) in [5.41, 5.74) is -0.638. The zero-order valence-corrected chi connectivity index (χ0v) is 19.1. The van der Waals surface area contributed by atoms with Gasteiger partial charge in [-0.3, -0.25) is 4.90 Å². The lowest BCUT2D eigenvalue weighted by Gasteiger charge is -2.30. The first kappa shape index (κ1) is 25.1. The minimum Gasteiger partial charge on any atom is -0.490 e. The van der Waals surface area contributed by atoms with E-state index in [-0.39, 0.29) is 28.3 Å². The third-order valence-electron chi connectivity index (χ3n) is 6.49. The van der Waals surface area contributed by atoms with E-state index in [2.05, 4.69) is 6.92 Å². The highest BCUT2D eigenvalue weighted by Crippen LogP contribution is 2.43. The fourth-order valence-corrected chi connectivity index (χ4v) is 4.68. The molecule has 182 valence electrons. The van der Waals surface area contributed by atoms with Gasteiger partial charge in [-0.05, 0) is 67.5 Å². The number of halogens is 3. The summed E-state index contributed by atoms with van der Waals surface area (Å²) in [5.74, 6) is 0.443. The first-order valence-corrected chi connectivity index (χ1v) is 11.6. The van der Waals surface area contributed by atoms with Crippen molar-refractivity contribution in [3.05, 3.63) is 35.9 Å². The molecule has 8 heteroatoms. The number of alkyl halides is 3. The maximum absolute atomic E-state index is 14.1. The Kier molecular flexibility index (Phi) is 8.10. The summed E-state index contributed by atoms with van der Waals surface area (Å²) in [6, 6.07) is 6.13. The van der Waals surface area contributed by atoms with Crippen molar-refractivity contribution in [3.8, 4) is 5.75 Å². The Morgan fingerprint density at radius 2 is 1.88 bits per heavy atom. The molecule has 0 aromatic heterocycles. The van der Waals surface area contributed by atoms with Gasteiger partial charge >= 0.3 is 12.3 Å². The molecule has 33 heavy (non-hydrogen) atoms. The van der Waals surface area contributed by atoms with E-state index in [0.29, 0.717) is 5.92 Å². The number of carbonyl (C=O) groups is 1. The molecule has 1 fully saturated rings. The fourth-order valence-electron chi connectivity index (χ4n) is 4.68. The molecule has 2 aromatic rings. The standard InChI is InChI=1S/C25H32F3NO4/c1-3-4-5-17-6-10-20(11-7-17)33-22-13-8-18-14-19(29(24(31)32)16(2)15-30)9-12-21(18)23(22)25(26,27)28/h8-9,12-14,16-17,20,30H,3-7,10-11,15H2,1-2H3,(H,31,32). The number of fused-ring (bicyclic) bond motifs is 1. The summed E-state index contributed by atoms with van der Waals surface area (Å²) < 4.78 is 48.1. The number of benzene rings is 2. The molecular weight excluding hydrogens is 435 g/mol. The van der Waals surface area contributed by atoms with E-state index < -0.39 is 30.5 Å². The number of aliphatic hydroxyl groups excluding tert-OH is 1. The molecule has 5 nitrogen and oxygen atoms in total. The molecule has 1 amide bonds. The van der Waals surface area contributed by atoms with Crippen LogP contribution in [0, 0.1) is 5.92 Å². The van der Waals surface area contributed by atoms with Gasteiger partial charge in [0, 0.05) is 5.69 Å². The number of ether oxygens (including phenoxy) is 1. The van der Waals surface area contributed by atoms with Crippen LogP contribution in [0.3, 0.4) is 0 Å². The quantitative estimate of drug-likeness (QED) is 0.445. The maximum atomic E-state index is 14.1. The van der Waals surface area contributed by atoms with Crippen LogP contribution < -0.4 is 9.64 Å². The highest BCUT2D eigenvalue weighted by Gasteiger charge is 2.37. The highest BCUT2D eigenvalue weighted by molar-refractivity contribution is 5.95. The number of amides is 1. The van der Waals surface area contributed by atoms with Gasteiger partial charge in [0.2, 0.25) is 0 Å². The summed E-state index contributed by atoms with van der Waals surface area (Å²) in [5, 5.41) is 19.1. The number of aliphatic hydroxyl groups is 1. The molecule has 1 saturated carbocycles. The van der Waals surface area contributed by atoms with Gasteiger partial charge < -0.3 is 14.9 Å². The van der Waals surface area contributed by atoms with Crippen molar-refractivity contribution in [1.82, 2.24) is 0 Å². The normalized spacial score (nSPS) is 19.9. The van der Waals surface area contributed by atoms with Gasteiger partial charge in [0.25, 0.3) is 0 Å². The Hall–Kier alpha value is -2.48. The molecule has 1 atom stereocenters. The van der Waals surface area contributed by atoms with Gasteiger partial charge in [0.15, 0.2) is 0 Å². The number of nitrogens with zero attached hydrogens (tertiary/aromatic N) is 1. The smallest absolute Gasteiger partial charge is 0.420 e. The van der Waals surface area contributed by atoms with Crippen LogP contribution in [0.2, 0.25) is 0 Å². The maximum Gasteiger partial charge on any atom is 0.420 e. The summed E-state index contributed by atoms with van der Waals surface area (Å²) in [7, 11) is 0. The largest absolute Gasteiger partial charge is 0.490 e. The van der Waals surface area contributed by atoms with Crippen LogP contribution in [0.15, 0.2) is 30.3 Å². The Morgan fingerprint density at radius 3 is 2.45 bits per heavy atom. The first-order chi connectivity index (χ1) is 15.7. The zero-order chi connectivity index (χ0) is 24.2. The summed E-state index contributed by atoms with van der Waals surface area (Å²) >= 11 is 0. The van der Waals surface area contributed by atoms with Gasteiger partial charge in [-0.25, -0.2) is 4.79 Å². The first-order valence-electron chi connectivity index (χ1n) is 11.6. The molecule has 0 spiro atoms.